The second-order valence-corrected chi connectivity index (χ2v) is 7.56. The lowest BCUT2D eigenvalue weighted by Crippen LogP contribution is -2.46. The maximum Gasteiger partial charge on any atom is 0.256 e. The molecule has 2 N–H and O–H groups in total. The quantitative estimate of drug-likeness (QED) is 0.661. The van der Waals surface area contributed by atoms with E-state index < -0.39 is 6.04 Å². The number of nitrogens with one attached hydrogen (secondary N) is 1. The van der Waals surface area contributed by atoms with Crippen LogP contribution in [0, 0.1) is 0 Å². The van der Waals surface area contributed by atoms with Crippen molar-refractivity contribution in [2.75, 3.05) is 5.32 Å². The van der Waals surface area contributed by atoms with Gasteiger partial charge in [-0.3, -0.25) is 14.6 Å². The van der Waals surface area contributed by atoms with E-state index in [4.69, 9.17) is 11.6 Å². The van der Waals surface area contributed by atoms with Crippen LogP contribution < -0.4 is 5.32 Å². The van der Waals surface area contributed by atoms with E-state index in [0.29, 0.717) is 16.3 Å². The Hall–Kier alpha value is -3.22. The van der Waals surface area contributed by atoms with Crippen molar-refractivity contribution >= 4 is 29.1 Å². The molecule has 4 rings (SSSR count). The average Bonchev–Trinajstić information content (AvgIpc) is 2.85. The summed E-state index contributed by atoms with van der Waals surface area (Å²) in [6.45, 7) is 0.194. The number of hydrogen-bond donors (Lipinski definition) is 2. The average molecular weight is 422 g/mol. The molecule has 0 saturated heterocycles. The van der Waals surface area contributed by atoms with Gasteiger partial charge in [0.2, 0.25) is 5.91 Å². The molecule has 1 atom stereocenters. The Bertz CT molecular complexity index is 1070. The Labute approximate surface area is 179 Å². The summed E-state index contributed by atoms with van der Waals surface area (Å²) in [5.74, 6) is -0.547. The summed E-state index contributed by atoms with van der Waals surface area (Å²) < 4.78 is 0. The molecule has 0 radical (unpaired) electrons. The maximum absolute atomic E-state index is 13.5. The van der Waals surface area contributed by atoms with Gasteiger partial charge in [-0.15, -0.1) is 0 Å². The third kappa shape index (κ3) is 4.20. The number of carbonyl (C=O) groups is 2. The van der Waals surface area contributed by atoms with Crippen molar-refractivity contribution in [1.82, 2.24) is 9.88 Å². The zero-order valence-corrected chi connectivity index (χ0v) is 16.8. The van der Waals surface area contributed by atoms with Crippen molar-refractivity contribution in [3.8, 4) is 0 Å². The number of fused-ring (bicyclic) bond motifs is 1. The first-order valence-electron chi connectivity index (χ1n) is 9.55. The highest BCUT2D eigenvalue weighted by atomic mass is 35.5. The summed E-state index contributed by atoms with van der Waals surface area (Å²) in [5, 5.41) is 12.6. The van der Waals surface area contributed by atoms with Crippen molar-refractivity contribution in [2.45, 2.75) is 25.6 Å². The summed E-state index contributed by atoms with van der Waals surface area (Å²) >= 11 is 6.08. The van der Waals surface area contributed by atoms with Crippen LogP contribution in [0.1, 0.15) is 27.2 Å². The Balaban J connectivity index is 1.73. The van der Waals surface area contributed by atoms with Gasteiger partial charge >= 0.3 is 0 Å². The van der Waals surface area contributed by atoms with Crippen LogP contribution in [0.3, 0.4) is 0 Å². The van der Waals surface area contributed by atoms with E-state index in [1.165, 1.54) is 0 Å². The third-order valence-corrected chi connectivity index (χ3v) is 5.33. The van der Waals surface area contributed by atoms with Crippen molar-refractivity contribution in [3.05, 3.63) is 94.3 Å². The minimum atomic E-state index is -0.740. The Morgan fingerprint density at radius 3 is 2.50 bits per heavy atom. The standard InChI is InChI=1S/C23H20ClN3O3/c24-17-8-9-19-20(11-17)26-22(29)21(12-18-3-1-2-10-25-18)27(23(19)30)13-15-4-6-16(14-28)7-5-15/h1-11,21,28H,12-14H2,(H,26,29). The molecule has 1 aromatic heterocycles. The predicted molar refractivity (Wildman–Crippen MR) is 114 cm³/mol. The van der Waals surface area contributed by atoms with Gasteiger partial charge in [-0.25, -0.2) is 0 Å². The number of halogens is 1. The van der Waals surface area contributed by atoms with Gasteiger partial charge in [0, 0.05) is 29.9 Å². The van der Waals surface area contributed by atoms with E-state index in [2.05, 4.69) is 10.3 Å². The molecule has 0 aliphatic carbocycles. The molecule has 6 nitrogen and oxygen atoms in total. The van der Waals surface area contributed by atoms with Gasteiger partial charge in [0.1, 0.15) is 6.04 Å². The van der Waals surface area contributed by atoms with Gasteiger partial charge in [0.25, 0.3) is 5.91 Å². The molecule has 0 saturated carbocycles. The fourth-order valence-corrected chi connectivity index (χ4v) is 3.68. The molecule has 0 spiro atoms. The summed E-state index contributed by atoms with van der Waals surface area (Å²) in [6.07, 6.45) is 1.95. The van der Waals surface area contributed by atoms with Crippen LogP contribution in [0.25, 0.3) is 0 Å². The minimum absolute atomic E-state index is 0.0538. The van der Waals surface area contributed by atoms with Crippen LogP contribution in [-0.4, -0.2) is 32.8 Å². The van der Waals surface area contributed by atoms with E-state index in [9.17, 15) is 14.7 Å². The predicted octanol–water partition coefficient (Wildman–Crippen LogP) is 3.43. The summed E-state index contributed by atoms with van der Waals surface area (Å²) in [5.41, 5.74) is 3.15. The van der Waals surface area contributed by atoms with Crippen molar-refractivity contribution < 1.29 is 14.7 Å². The van der Waals surface area contributed by atoms with Gasteiger partial charge in [-0.05, 0) is 41.5 Å². The van der Waals surface area contributed by atoms with Gasteiger partial charge in [0.15, 0.2) is 0 Å². The number of hydrogen-bond acceptors (Lipinski definition) is 4. The summed E-state index contributed by atoms with van der Waals surface area (Å²) in [4.78, 5) is 32.5. The fraction of sp³-hybridized carbons (Fsp3) is 0.174. The largest absolute Gasteiger partial charge is 0.392 e. The van der Waals surface area contributed by atoms with Gasteiger partial charge in [-0.2, -0.15) is 0 Å². The Kier molecular flexibility index (Phi) is 5.79. The van der Waals surface area contributed by atoms with E-state index in [1.54, 1.807) is 47.5 Å². The number of rotatable bonds is 5. The van der Waals surface area contributed by atoms with E-state index in [0.717, 1.165) is 16.8 Å². The lowest BCUT2D eigenvalue weighted by Gasteiger charge is -2.28. The number of aliphatic hydroxyl groups excluding tert-OH is 1. The highest BCUT2D eigenvalue weighted by Gasteiger charge is 2.35. The number of carbonyl (C=O) groups excluding carboxylic acids is 2. The summed E-state index contributed by atoms with van der Waals surface area (Å²) in [6, 6.07) is 16.9. The number of nitrogens with zero attached hydrogens (tertiary/aromatic N) is 2. The first kappa shape index (κ1) is 20.1. The molecule has 0 bridgehead atoms. The van der Waals surface area contributed by atoms with Crippen LogP contribution in [0.4, 0.5) is 5.69 Å². The second kappa shape index (κ2) is 8.65. The molecular weight excluding hydrogens is 402 g/mol. The van der Waals surface area contributed by atoms with E-state index in [1.807, 2.05) is 24.3 Å². The van der Waals surface area contributed by atoms with Gasteiger partial charge in [0.05, 0.1) is 17.9 Å². The van der Waals surface area contributed by atoms with E-state index >= 15 is 0 Å². The highest BCUT2D eigenvalue weighted by Crippen LogP contribution is 2.28. The SMILES string of the molecule is O=C1Nc2cc(Cl)ccc2C(=O)N(Cc2ccc(CO)cc2)C1Cc1ccccn1. The molecule has 2 amide bonds. The number of pyridine rings is 1. The molecule has 2 aromatic carbocycles. The van der Waals surface area contributed by atoms with Crippen LogP contribution in [-0.2, 0) is 24.4 Å². The lowest BCUT2D eigenvalue weighted by molar-refractivity contribution is -0.120. The van der Waals surface area contributed by atoms with Crippen LogP contribution in [0.5, 0.6) is 0 Å². The Morgan fingerprint density at radius 2 is 1.80 bits per heavy atom. The summed E-state index contributed by atoms with van der Waals surface area (Å²) in [7, 11) is 0. The maximum atomic E-state index is 13.5. The first-order valence-corrected chi connectivity index (χ1v) is 9.93. The molecule has 152 valence electrons. The number of amides is 2. The van der Waals surface area contributed by atoms with Gasteiger partial charge in [-0.1, -0.05) is 41.9 Å². The third-order valence-electron chi connectivity index (χ3n) is 5.10. The molecule has 30 heavy (non-hydrogen) atoms. The topological polar surface area (TPSA) is 82.5 Å². The molecule has 3 aromatic rings. The molecule has 1 aliphatic heterocycles. The van der Waals surface area contributed by atoms with Gasteiger partial charge < -0.3 is 15.3 Å². The number of benzene rings is 2. The van der Waals surface area contributed by atoms with Crippen molar-refractivity contribution in [1.29, 1.82) is 0 Å². The fourth-order valence-electron chi connectivity index (χ4n) is 3.51. The lowest BCUT2D eigenvalue weighted by atomic mass is 10.1. The molecule has 1 unspecified atom stereocenters. The zero-order valence-electron chi connectivity index (χ0n) is 16.1. The van der Waals surface area contributed by atoms with Crippen molar-refractivity contribution in [3.63, 3.8) is 0 Å². The molecule has 2 heterocycles. The number of aliphatic hydroxyl groups is 1. The molecule has 7 heteroatoms. The zero-order chi connectivity index (χ0) is 21.1. The Morgan fingerprint density at radius 1 is 1.03 bits per heavy atom. The van der Waals surface area contributed by atoms with Crippen LogP contribution >= 0.6 is 11.6 Å². The van der Waals surface area contributed by atoms with Crippen LogP contribution in [0.15, 0.2) is 66.9 Å². The first-order chi connectivity index (χ1) is 14.5. The molecular formula is C23H20ClN3O3. The van der Waals surface area contributed by atoms with E-state index in [-0.39, 0.29) is 31.4 Å². The molecule has 1 aliphatic rings. The normalized spacial score (nSPS) is 16.1. The number of anilines is 1. The highest BCUT2D eigenvalue weighted by molar-refractivity contribution is 6.31. The second-order valence-electron chi connectivity index (χ2n) is 7.13. The van der Waals surface area contributed by atoms with Crippen LogP contribution in [0.2, 0.25) is 5.02 Å². The number of aromatic nitrogens is 1. The smallest absolute Gasteiger partial charge is 0.256 e. The molecule has 0 fully saturated rings. The minimum Gasteiger partial charge on any atom is -0.392 e. The van der Waals surface area contributed by atoms with Crippen molar-refractivity contribution in [2.24, 2.45) is 0 Å². The monoisotopic (exact) mass is 421 g/mol.